The Morgan fingerprint density at radius 1 is 1.44 bits per heavy atom. The second-order valence-corrected chi connectivity index (χ2v) is 3.70. The third kappa shape index (κ3) is 3.01. The molecule has 7 heteroatoms. The van der Waals surface area contributed by atoms with Gasteiger partial charge in [-0.2, -0.15) is 4.98 Å². The lowest BCUT2D eigenvalue weighted by atomic mass is 10.2. The third-order valence-electron chi connectivity index (χ3n) is 2.22. The summed E-state index contributed by atoms with van der Waals surface area (Å²) in [7, 11) is 1.73. The van der Waals surface area contributed by atoms with Crippen molar-refractivity contribution in [2.45, 2.75) is 13.5 Å². The first-order valence-corrected chi connectivity index (χ1v) is 5.57. The molecule has 0 fully saturated rings. The van der Waals surface area contributed by atoms with Crippen LogP contribution in [0.15, 0.2) is 18.6 Å². The van der Waals surface area contributed by atoms with Gasteiger partial charge >= 0.3 is 6.01 Å². The van der Waals surface area contributed by atoms with E-state index in [9.17, 15) is 4.39 Å². The van der Waals surface area contributed by atoms with Crippen LogP contribution in [0, 0.1) is 5.82 Å². The van der Waals surface area contributed by atoms with Crippen LogP contribution in [0.3, 0.4) is 0 Å². The minimum Gasteiger partial charge on any atom is -0.404 e. The highest BCUT2D eigenvalue weighted by Crippen LogP contribution is 2.20. The molecule has 2 heterocycles. The SMILES string of the molecule is CCNCc1cc(F)cnc1Oc1ncn(C)n1. The zero-order chi connectivity index (χ0) is 13.0. The van der Waals surface area contributed by atoms with E-state index in [0.29, 0.717) is 18.0 Å². The molecule has 0 aliphatic carbocycles. The Bertz CT molecular complexity index is 528. The Labute approximate surface area is 104 Å². The summed E-state index contributed by atoms with van der Waals surface area (Å²) in [5.74, 6) is -0.0900. The largest absolute Gasteiger partial charge is 0.404 e. The Hall–Kier alpha value is -2.02. The molecule has 0 aromatic carbocycles. The highest BCUT2D eigenvalue weighted by Gasteiger charge is 2.10. The number of halogens is 1. The quantitative estimate of drug-likeness (QED) is 0.866. The molecule has 0 atom stereocenters. The fourth-order valence-electron chi connectivity index (χ4n) is 1.40. The molecule has 0 spiro atoms. The van der Waals surface area contributed by atoms with Crippen molar-refractivity contribution in [2.24, 2.45) is 7.05 Å². The van der Waals surface area contributed by atoms with Crippen molar-refractivity contribution in [2.75, 3.05) is 6.54 Å². The normalized spacial score (nSPS) is 10.6. The van der Waals surface area contributed by atoms with Crippen LogP contribution in [0.2, 0.25) is 0 Å². The van der Waals surface area contributed by atoms with Crippen molar-refractivity contribution in [1.29, 1.82) is 0 Å². The van der Waals surface area contributed by atoms with Gasteiger partial charge in [-0.15, -0.1) is 5.10 Å². The van der Waals surface area contributed by atoms with Crippen LogP contribution in [0.5, 0.6) is 11.9 Å². The van der Waals surface area contributed by atoms with Crippen molar-refractivity contribution in [3.8, 4) is 11.9 Å². The van der Waals surface area contributed by atoms with Gasteiger partial charge in [0.25, 0.3) is 0 Å². The lowest BCUT2D eigenvalue weighted by Gasteiger charge is -2.07. The predicted octanol–water partition coefficient (Wildman–Crippen LogP) is 1.25. The summed E-state index contributed by atoms with van der Waals surface area (Å²) in [4.78, 5) is 7.84. The van der Waals surface area contributed by atoms with Crippen LogP contribution in [-0.2, 0) is 13.6 Å². The van der Waals surface area contributed by atoms with E-state index < -0.39 is 5.82 Å². The molecule has 18 heavy (non-hydrogen) atoms. The summed E-state index contributed by atoms with van der Waals surface area (Å²) in [6, 6.07) is 1.57. The number of aryl methyl sites for hydroxylation is 1. The highest BCUT2D eigenvalue weighted by molar-refractivity contribution is 5.28. The number of aromatic nitrogens is 4. The maximum atomic E-state index is 13.1. The summed E-state index contributed by atoms with van der Waals surface area (Å²) >= 11 is 0. The number of hydrogen-bond donors (Lipinski definition) is 1. The van der Waals surface area contributed by atoms with E-state index in [1.165, 1.54) is 17.1 Å². The maximum absolute atomic E-state index is 13.1. The molecular formula is C11H14FN5O. The van der Waals surface area contributed by atoms with E-state index in [1.807, 2.05) is 6.92 Å². The van der Waals surface area contributed by atoms with Crippen molar-refractivity contribution in [3.63, 3.8) is 0 Å². The molecule has 6 nitrogen and oxygen atoms in total. The van der Waals surface area contributed by atoms with Gasteiger partial charge in [-0.3, -0.25) is 4.68 Å². The molecule has 0 aliphatic rings. The molecule has 0 saturated carbocycles. The van der Waals surface area contributed by atoms with Crippen LogP contribution < -0.4 is 10.1 Å². The topological polar surface area (TPSA) is 64.9 Å². The Morgan fingerprint density at radius 3 is 2.94 bits per heavy atom. The average Bonchev–Trinajstić information content (AvgIpc) is 2.75. The van der Waals surface area contributed by atoms with Gasteiger partial charge in [-0.25, -0.2) is 9.37 Å². The molecule has 96 valence electrons. The van der Waals surface area contributed by atoms with Gasteiger partial charge in [0.15, 0.2) is 0 Å². The maximum Gasteiger partial charge on any atom is 0.342 e. The standard InChI is InChI=1S/C11H14FN5O/c1-3-13-5-8-4-9(12)6-14-10(8)18-11-15-7-17(2)16-11/h4,6-7,13H,3,5H2,1-2H3. The molecule has 0 unspecified atom stereocenters. The molecule has 2 aromatic heterocycles. The van der Waals surface area contributed by atoms with Gasteiger partial charge in [0, 0.05) is 19.2 Å². The lowest BCUT2D eigenvalue weighted by molar-refractivity contribution is 0.412. The monoisotopic (exact) mass is 251 g/mol. The Kier molecular flexibility index (Phi) is 3.83. The predicted molar refractivity (Wildman–Crippen MR) is 62.7 cm³/mol. The minimum atomic E-state index is -0.399. The van der Waals surface area contributed by atoms with Crippen LogP contribution in [-0.4, -0.2) is 26.3 Å². The minimum absolute atomic E-state index is 0.189. The van der Waals surface area contributed by atoms with Gasteiger partial charge in [0.1, 0.15) is 12.1 Å². The van der Waals surface area contributed by atoms with Crippen LogP contribution in [0.1, 0.15) is 12.5 Å². The number of rotatable bonds is 5. The van der Waals surface area contributed by atoms with Crippen molar-refractivity contribution in [1.82, 2.24) is 25.1 Å². The van der Waals surface area contributed by atoms with Gasteiger partial charge in [0.05, 0.1) is 6.20 Å². The van der Waals surface area contributed by atoms with Crippen molar-refractivity contribution < 1.29 is 9.13 Å². The summed E-state index contributed by atoms with van der Waals surface area (Å²) < 4.78 is 20.1. The highest BCUT2D eigenvalue weighted by atomic mass is 19.1. The first-order chi connectivity index (χ1) is 8.69. The molecule has 1 N–H and O–H groups in total. The fourth-order valence-corrected chi connectivity index (χ4v) is 1.40. The van der Waals surface area contributed by atoms with Gasteiger partial charge in [0.2, 0.25) is 5.88 Å². The van der Waals surface area contributed by atoms with E-state index in [2.05, 4.69) is 20.4 Å². The Morgan fingerprint density at radius 2 is 2.28 bits per heavy atom. The summed E-state index contributed by atoms with van der Waals surface area (Å²) in [6.45, 7) is 3.22. The number of ether oxygens (including phenoxy) is 1. The van der Waals surface area contributed by atoms with Crippen LogP contribution >= 0.6 is 0 Å². The van der Waals surface area contributed by atoms with E-state index >= 15 is 0 Å². The second-order valence-electron chi connectivity index (χ2n) is 3.70. The first-order valence-electron chi connectivity index (χ1n) is 5.57. The summed E-state index contributed by atoms with van der Waals surface area (Å²) in [6.07, 6.45) is 2.62. The van der Waals surface area contributed by atoms with Gasteiger partial charge in [-0.1, -0.05) is 6.92 Å². The zero-order valence-corrected chi connectivity index (χ0v) is 10.2. The molecule has 0 aliphatic heterocycles. The molecule has 0 radical (unpaired) electrons. The number of hydrogen-bond acceptors (Lipinski definition) is 5. The molecular weight excluding hydrogens is 237 g/mol. The molecule has 0 amide bonds. The second kappa shape index (κ2) is 5.54. The van der Waals surface area contributed by atoms with Crippen LogP contribution in [0.25, 0.3) is 0 Å². The lowest BCUT2D eigenvalue weighted by Crippen LogP contribution is -2.13. The van der Waals surface area contributed by atoms with E-state index in [4.69, 9.17) is 4.74 Å². The Balaban J connectivity index is 2.20. The summed E-state index contributed by atoms with van der Waals surface area (Å²) in [5, 5.41) is 7.07. The summed E-state index contributed by atoms with van der Waals surface area (Å²) in [5.41, 5.74) is 0.629. The smallest absolute Gasteiger partial charge is 0.342 e. The van der Waals surface area contributed by atoms with E-state index in [0.717, 1.165) is 12.7 Å². The molecule has 2 rings (SSSR count). The number of nitrogens with one attached hydrogen (secondary N) is 1. The third-order valence-corrected chi connectivity index (χ3v) is 2.22. The van der Waals surface area contributed by atoms with Crippen molar-refractivity contribution >= 4 is 0 Å². The van der Waals surface area contributed by atoms with Crippen LogP contribution in [0.4, 0.5) is 4.39 Å². The fraction of sp³-hybridized carbons (Fsp3) is 0.364. The van der Waals surface area contributed by atoms with Gasteiger partial charge in [-0.05, 0) is 12.6 Å². The number of pyridine rings is 1. The first kappa shape index (κ1) is 12.4. The molecule has 0 bridgehead atoms. The van der Waals surface area contributed by atoms with E-state index in [1.54, 1.807) is 7.05 Å². The van der Waals surface area contributed by atoms with Crippen molar-refractivity contribution in [3.05, 3.63) is 30.0 Å². The van der Waals surface area contributed by atoms with E-state index in [-0.39, 0.29) is 6.01 Å². The van der Waals surface area contributed by atoms with Gasteiger partial charge < -0.3 is 10.1 Å². The molecule has 0 saturated heterocycles. The zero-order valence-electron chi connectivity index (χ0n) is 10.2. The molecule has 2 aromatic rings. The number of nitrogens with zero attached hydrogens (tertiary/aromatic N) is 4. The average molecular weight is 251 g/mol.